The number of aromatic nitrogens is 2. The number of hydrogen-bond donors (Lipinski definition) is 4. The first-order valence-electron chi connectivity index (χ1n) is 11.7. The van der Waals surface area contributed by atoms with E-state index in [0.717, 1.165) is 36.5 Å². The highest BCUT2D eigenvalue weighted by Gasteiger charge is 2.22. The lowest BCUT2D eigenvalue weighted by atomic mass is 10.1. The lowest BCUT2D eigenvalue weighted by Gasteiger charge is -2.37. The molecule has 5 N–H and O–H groups in total. The molecule has 1 aliphatic heterocycles. The van der Waals surface area contributed by atoms with Crippen LogP contribution in [-0.2, 0) is 23.0 Å². The van der Waals surface area contributed by atoms with Gasteiger partial charge in [0.15, 0.2) is 0 Å². The Bertz CT molecular complexity index is 1280. The van der Waals surface area contributed by atoms with Crippen molar-refractivity contribution in [1.29, 1.82) is 0 Å². The standard InChI is InChI=1S/C25H32N6O3S/c1-17-15-31(18(2)14-29-17)16-20-4-3-5-21(12-20)22-9-11-28-25(30-22)27-10-8-19-6-7-24(23(32)13-19)35(26,33)34/h3-7,9,11-13,17-18,29,32H,8,10,14-16H2,1-2H3,(H2,26,33,34)(H,27,28,30)/t17-,18?/m0/s1. The number of aromatic hydroxyl groups is 1. The monoisotopic (exact) mass is 496 g/mol. The SMILES string of the molecule is CC1CN[C@@H](C)CN1Cc1cccc(-c2ccnc(NCCc3ccc(S(N)(=O)=O)c(O)c3)n2)c1. The van der Waals surface area contributed by atoms with E-state index in [1.807, 2.05) is 6.07 Å². The second-order valence-corrected chi connectivity index (χ2v) is 10.6. The fraction of sp³-hybridized carbons (Fsp3) is 0.360. The predicted octanol–water partition coefficient (Wildman–Crippen LogP) is 2.33. The number of piperazine rings is 1. The van der Waals surface area contributed by atoms with Gasteiger partial charge in [-0.25, -0.2) is 23.5 Å². The minimum Gasteiger partial charge on any atom is -0.507 e. The van der Waals surface area contributed by atoms with E-state index in [9.17, 15) is 13.5 Å². The van der Waals surface area contributed by atoms with Crippen LogP contribution in [0, 0.1) is 0 Å². The van der Waals surface area contributed by atoms with E-state index in [-0.39, 0.29) is 10.6 Å². The summed E-state index contributed by atoms with van der Waals surface area (Å²) in [6.45, 7) is 7.90. The Morgan fingerprint density at radius 2 is 2.00 bits per heavy atom. The number of nitrogens with two attached hydrogens (primary N) is 1. The minimum absolute atomic E-state index is 0.284. The smallest absolute Gasteiger partial charge is 0.241 e. The van der Waals surface area contributed by atoms with E-state index < -0.39 is 10.0 Å². The Balaban J connectivity index is 1.39. The second-order valence-electron chi connectivity index (χ2n) is 9.08. The first-order chi connectivity index (χ1) is 16.7. The fourth-order valence-electron chi connectivity index (χ4n) is 4.26. The third kappa shape index (κ3) is 6.55. The maximum atomic E-state index is 11.4. The van der Waals surface area contributed by atoms with E-state index in [1.54, 1.807) is 12.3 Å². The number of phenols is 1. The van der Waals surface area contributed by atoms with Crippen LogP contribution < -0.4 is 15.8 Å². The zero-order valence-electron chi connectivity index (χ0n) is 20.0. The van der Waals surface area contributed by atoms with E-state index in [2.05, 4.69) is 63.6 Å². The number of benzene rings is 2. The molecule has 35 heavy (non-hydrogen) atoms. The lowest BCUT2D eigenvalue weighted by Crippen LogP contribution is -2.53. The van der Waals surface area contributed by atoms with Gasteiger partial charge in [0.1, 0.15) is 10.6 Å². The largest absolute Gasteiger partial charge is 0.507 e. The number of anilines is 1. The van der Waals surface area contributed by atoms with Crippen LogP contribution in [0.5, 0.6) is 5.75 Å². The van der Waals surface area contributed by atoms with Crippen molar-refractivity contribution in [1.82, 2.24) is 20.2 Å². The van der Waals surface area contributed by atoms with Crippen molar-refractivity contribution in [3.8, 4) is 17.0 Å². The molecule has 0 radical (unpaired) electrons. The quantitative estimate of drug-likeness (QED) is 0.373. The molecule has 0 bridgehead atoms. The average Bonchev–Trinajstić information content (AvgIpc) is 2.81. The molecule has 9 nitrogen and oxygen atoms in total. The number of phenolic OH excluding ortho intramolecular Hbond substituents is 1. The molecule has 4 rings (SSSR count). The molecule has 1 unspecified atom stereocenters. The topological polar surface area (TPSA) is 133 Å². The summed E-state index contributed by atoms with van der Waals surface area (Å²) in [4.78, 5) is 11.2. The van der Waals surface area contributed by atoms with Crippen molar-refractivity contribution in [2.75, 3.05) is 25.0 Å². The number of nitrogens with one attached hydrogen (secondary N) is 2. The van der Waals surface area contributed by atoms with Crippen LogP contribution in [-0.4, -0.2) is 60.1 Å². The van der Waals surface area contributed by atoms with E-state index in [4.69, 9.17) is 5.14 Å². The molecule has 2 atom stereocenters. The molecule has 1 aromatic heterocycles. The molecule has 10 heteroatoms. The summed E-state index contributed by atoms with van der Waals surface area (Å²) in [6.07, 6.45) is 2.27. The summed E-state index contributed by atoms with van der Waals surface area (Å²) in [7, 11) is -3.95. The molecular weight excluding hydrogens is 464 g/mol. The second kappa shape index (κ2) is 10.7. The Morgan fingerprint density at radius 1 is 1.17 bits per heavy atom. The van der Waals surface area contributed by atoms with Crippen LogP contribution in [0.1, 0.15) is 25.0 Å². The average molecular weight is 497 g/mol. The van der Waals surface area contributed by atoms with Crippen molar-refractivity contribution in [2.45, 2.75) is 43.8 Å². The van der Waals surface area contributed by atoms with E-state index in [0.29, 0.717) is 31.0 Å². The third-order valence-corrected chi connectivity index (χ3v) is 7.14. The zero-order chi connectivity index (χ0) is 25.0. The van der Waals surface area contributed by atoms with Crippen LogP contribution >= 0.6 is 0 Å². The molecule has 0 aliphatic carbocycles. The van der Waals surface area contributed by atoms with E-state index in [1.165, 1.54) is 17.7 Å². The highest BCUT2D eigenvalue weighted by atomic mass is 32.2. The van der Waals surface area contributed by atoms with Crippen molar-refractivity contribution in [2.24, 2.45) is 5.14 Å². The van der Waals surface area contributed by atoms with Crippen LogP contribution in [0.25, 0.3) is 11.3 Å². The van der Waals surface area contributed by atoms with Gasteiger partial charge in [0, 0.05) is 50.0 Å². The molecule has 1 saturated heterocycles. The zero-order valence-corrected chi connectivity index (χ0v) is 20.8. The Labute approximate surface area is 206 Å². The normalized spacial score (nSPS) is 18.9. The maximum Gasteiger partial charge on any atom is 0.241 e. The summed E-state index contributed by atoms with van der Waals surface area (Å²) in [5.41, 5.74) is 3.88. The van der Waals surface area contributed by atoms with Crippen LogP contribution in [0.4, 0.5) is 5.95 Å². The van der Waals surface area contributed by atoms with Gasteiger partial charge in [-0.3, -0.25) is 4.90 Å². The number of sulfonamides is 1. The van der Waals surface area contributed by atoms with Gasteiger partial charge in [-0.05, 0) is 55.7 Å². The Hall–Kier alpha value is -3.05. The van der Waals surface area contributed by atoms with Crippen molar-refractivity contribution >= 4 is 16.0 Å². The molecule has 0 spiro atoms. The van der Waals surface area contributed by atoms with Gasteiger partial charge < -0.3 is 15.7 Å². The molecular formula is C25H32N6O3S. The molecule has 1 aliphatic rings. The van der Waals surface area contributed by atoms with Gasteiger partial charge in [0.2, 0.25) is 16.0 Å². The number of hydrogen-bond acceptors (Lipinski definition) is 8. The van der Waals surface area contributed by atoms with Crippen molar-refractivity contribution in [3.05, 3.63) is 65.9 Å². The highest BCUT2D eigenvalue weighted by Crippen LogP contribution is 2.23. The Morgan fingerprint density at radius 3 is 2.77 bits per heavy atom. The number of nitrogens with zero attached hydrogens (tertiary/aromatic N) is 3. The van der Waals surface area contributed by atoms with Crippen molar-refractivity contribution < 1.29 is 13.5 Å². The first-order valence-corrected chi connectivity index (χ1v) is 13.2. The minimum atomic E-state index is -3.95. The number of rotatable bonds is 8. The fourth-order valence-corrected chi connectivity index (χ4v) is 4.87. The summed E-state index contributed by atoms with van der Waals surface area (Å²) < 4.78 is 22.9. The number of primary sulfonamides is 1. The van der Waals surface area contributed by atoms with Gasteiger partial charge in [-0.15, -0.1) is 0 Å². The summed E-state index contributed by atoms with van der Waals surface area (Å²) in [5, 5.41) is 21.8. The van der Waals surface area contributed by atoms with Gasteiger partial charge in [-0.1, -0.05) is 24.3 Å². The molecule has 0 saturated carbocycles. The van der Waals surface area contributed by atoms with E-state index >= 15 is 0 Å². The molecule has 3 aromatic rings. The van der Waals surface area contributed by atoms with Crippen LogP contribution in [0.15, 0.2) is 59.6 Å². The molecule has 186 valence electrons. The highest BCUT2D eigenvalue weighted by molar-refractivity contribution is 7.89. The Kier molecular flexibility index (Phi) is 7.66. The summed E-state index contributed by atoms with van der Waals surface area (Å²) >= 11 is 0. The van der Waals surface area contributed by atoms with Crippen molar-refractivity contribution in [3.63, 3.8) is 0 Å². The van der Waals surface area contributed by atoms with Gasteiger partial charge >= 0.3 is 0 Å². The summed E-state index contributed by atoms with van der Waals surface area (Å²) in [5.74, 6) is 0.149. The van der Waals surface area contributed by atoms with Gasteiger partial charge in [0.05, 0.1) is 5.69 Å². The molecule has 1 fully saturated rings. The van der Waals surface area contributed by atoms with Crippen LogP contribution in [0.3, 0.4) is 0 Å². The van der Waals surface area contributed by atoms with Gasteiger partial charge in [-0.2, -0.15) is 0 Å². The maximum absolute atomic E-state index is 11.4. The lowest BCUT2D eigenvalue weighted by molar-refractivity contribution is 0.139. The first kappa shape index (κ1) is 25.1. The molecule has 0 amide bonds. The predicted molar refractivity (Wildman–Crippen MR) is 136 cm³/mol. The molecule has 2 heterocycles. The summed E-state index contributed by atoms with van der Waals surface area (Å²) in [6, 6.07) is 15.7. The molecule has 2 aromatic carbocycles. The van der Waals surface area contributed by atoms with Crippen LogP contribution in [0.2, 0.25) is 0 Å². The third-order valence-electron chi connectivity index (χ3n) is 6.18. The van der Waals surface area contributed by atoms with Gasteiger partial charge in [0.25, 0.3) is 0 Å².